The van der Waals surface area contributed by atoms with Gasteiger partial charge in [0.15, 0.2) is 5.78 Å². The van der Waals surface area contributed by atoms with Crippen LogP contribution in [0.2, 0.25) is 0 Å². The molecule has 0 N–H and O–H groups in total. The van der Waals surface area contributed by atoms with Gasteiger partial charge in [0.1, 0.15) is 12.2 Å². The molecule has 2 heteroatoms. The topological polar surface area (TPSA) is 29.6 Å². The zero-order valence-electron chi connectivity index (χ0n) is 7.54. The maximum Gasteiger partial charge on any atom is 0.164 e. The number of carbonyl (C=O) groups excluding carboxylic acids is 1. The number of rotatable bonds is 1. The molecule has 0 amide bonds. The highest BCUT2D eigenvalue weighted by atomic mass is 16.6. The minimum atomic E-state index is -0.107. The van der Waals surface area contributed by atoms with Crippen molar-refractivity contribution < 1.29 is 9.53 Å². The van der Waals surface area contributed by atoms with Crippen LogP contribution < -0.4 is 0 Å². The molecule has 0 radical (unpaired) electrons. The van der Waals surface area contributed by atoms with Crippen LogP contribution in [0.25, 0.3) is 0 Å². The number of ketones is 1. The molecule has 2 nitrogen and oxygen atoms in total. The molecule has 66 valence electrons. The second-order valence-corrected chi connectivity index (χ2v) is 4.12. The Balaban J connectivity index is 2.27. The number of Topliss-reactive ketones (excluding diaryl/α,β-unsaturated/α-hetero) is 1. The first-order valence-corrected chi connectivity index (χ1v) is 4.41. The van der Waals surface area contributed by atoms with Crippen molar-refractivity contribution in [3.63, 3.8) is 0 Å². The summed E-state index contributed by atoms with van der Waals surface area (Å²) in [4.78, 5) is 11.3. The average molecular weight is 166 g/mol. The van der Waals surface area contributed by atoms with Crippen LogP contribution in [0, 0.1) is 11.3 Å². The van der Waals surface area contributed by atoms with Crippen molar-refractivity contribution in [3.8, 4) is 0 Å². The Bertz CT molecular complexity index is 242. The van der Waals surface area contributed by atoms with Gasteiger partial charge in [-0.25, -0.2) is 0 Å². The summed E-state index contributed by atoms with van der Waals surface area (Å²) in [6, 6.07) is 0. The molecule has 2 aliphatic rings. The van der Waals surface area contributed by atoms with Gasteiger partial charge < -0.3 is 4.74 Å². The van der Waals surface area contributed by atoms with Gasteiger partial charge in [-0.05, 0) is 5.92 Å². The molecule has 1 saturated carbocycles. The molecule has 1 aliphatic carbocycles. The smallest absolute Gasteiger partial charge is 0.164 e. The summed E-state index contributed by atoms with van der Waals surface area (Å²) in [6.07, 6.45) is 2.59. The molecule has 0 bridgehead atoms. The number of carbonyl (C=O) groups is 1. The molecule has 1 heterocycles. The first-order valence-electron chi connectivity index (χ1n) is 4.41. The zero-order chi connectivity index (χ0) is 8.93. The highest BCUT2D eigenvalue weighted by molar-refractivity contribution is 5.87. The van der Waals surface area contributed by atoms with Gasteiger partial charge >= 0.3 is 0 Å². The summed E-state index contributed by atoms with van der Waals surface area (Å²) in [7, 11) is 0. The molecule has 0 aromatic heterocycles. The molecule has 4 atom stereocenters. The van der Waals surface area contributed by atoms with Gasteiger partial charge in [0.25, 0.3) is 0 Å². The molecule has 0 aromatic rings. The summed E-state index contributed by atoms with van der Waals surface area (Å²) in [5.74, 6) is 0.637. The first-order chi connectivity index (χ1) is 5.59. The van der Waals surface area contributed by atoms with Crippen molar-refractivity contribution in [2.45, 2.75) is 32.5 Å². The monoisotopic (exact) mass is 166 g/mol. The van der Waals surface area contributed by atoms with Gasteiger partial charge in [-0.3, -0.25) is 4.79 Å². The molecule has 2 rings (SSSR count). The van der Waals surface area contributed by atoms with E-state index in [0.717, 1.165) is 0 Å². The van der Waals surface area contributed by atoms with E-state index >= 15 is 0 Å². The maximum absolute atomic E-state index is 11.3. The number of ether oxygens (including phenoxy) is 1. The first kappa shape index (κ1) is 7.99. The Kier molecular flexibility index (Phi) is 1.46. The Morgan fingerprint density at radius 2 is 2.42 bits per heavy atom. The molecule has 0 spiro atoms. The molecule has 2 fully saturated rings. The van der Waals surface area contributed by atoms with E-state index < -0.39 is 0 Å². The summed E-state index contributed by atoms with van der Waals surface area (Å²) >= 11 is 0. The van der Waals surface area contributed by atoms with Crippen molar-refractivity contribution in [2.75, 3.05) is 0 Å². The molecule has 12 heavy (non-hydrogen) atoms. The van der Waals surface area contributed by atoms with Gasteiger partial charge in [0.05, 0.1) is 0 Å². The predicted molar refractivity (Wildman–Crippen MR) is 45.8 cm³/mol. The van der Waals surface area contributed by atoms with Crippen molar-refractivity contribution >= 4 is 5.78 Å². The lowest BCUT2D eigenvalue weighted by atomic mass is 9.68. The second-order valence-electron chi connectivity index (χ2n) is 4.12. The van der Waals surface area contributed by atoms with Crippen LogP contribution in [0.3, 0.4) is 0 Å². The van der Waals surface area contributed by atoms with Gasteiger partial charge in [0, 0.05) is 11.8 Å². The minimum Gasteiger partial charge on any atom is -0.360 e. The number of fused-ring (bicyclic) bond motifs is 1. The van der Waals surface area contributed by atoms with E-state index in [9.17, 15) is 4.79 Å². The molecule has 1 saturated heterocycles. The third-order valence-corrected chi connectivity index (χ3v) is 3.43. The second kappa shape index (κ2) is 2.19. The van der Waals surface area contributed by atoms with Crippen molar-refractivity contribution in [2.24, 2.45) is 11.3 Å². The van der Waals surface area contributed by atoms with Crippen LogP contribution in [0.1, 0.15) is 20.3 Å². The quantitative estimate of drug-likeness (QED) is 0.437. The predicted octanol–water partition coefficient (Wildman–Crippen LogP) is 1.55. The fraction of sp³-hybridized carbons (Fsp3) is 0.700. The van der Waals surface area contributed by atoms with Gasteiger partial charge in [-0.15, -0.1) is 6.58 Å². The molecule has 0 aromatic carbocycles. The van der Waals surface area contributed by atoms with E-state index in [-0.39, 0.29) is 23.4 Å². The Hall–Kier alpha value is -0.630. The van der Waals surface area contributed by atoms with Gasteiger partial charge in [0.2, 0.25) is 0 Å². The van der Waals surface area contributed by atoms with Crippen molar-refractivity contribution in [3.05, 3.63) is 12.7 Å². The zero-order valence-corrected chi connectivity index (χ0v) is 7.54. The number of epoxide rings is 1. The van der Waals surface area contributed by atoms with Gasteiger partial charge in [-0.2, -0.15) is 0 Å². The van der Waals surface area contributed by atoms with E-state index in [1.807, 2.05) is 6.08 Å². The Labute approximate surface area is 72.6 Å². The Morgan fingerprint density at radius 3 is 3.00 bits per heavy atom. The minimum absolute atomic E-state index is 0.0125. The van der Waals surface area contributed by atoms with Crippen LogP contribution in [-0.2, 0) is 9.53 Å². The largest absolute Gasteiger partial charge is 0.360 e. The standard InChI is InChI=1S/C10H14O2/c1-4-10(3)6(2)5-7(11)8-9(10)12-8/h4,6,8-9H,1,5H2,2-3H3/t6-,8-,9-,10+/m1/s1. The lowest BCUT2D eigenvalue weighted by Gasteiger charge is -2.33. The van der Waals surface area contributed by atoms with E-state index in [1.54, 1.807) is 0 Å². The van der Waals surface area contributed by atoms with Crippen LogP contribution in [0.4, 0.5) is 0 Å². The lowest BCUT2D eigenvalue weighted by Crippen LogP contribution is -2.38. The van der Waals surface area contributed by atoms with E-state index in [1.165, 1.54) is 0 Å². The third kappa shape index (κ3) is 0.816. The SMILES string of the molecule is C=C[C@@]1(C)[C@H](C)CC(=O)[C@H]2O[C@H]21. The van der Waals surface area contributed by atoms with Crippen LogP contribution in [0.15, 0.2) is 12.7 Å². The fourth-order valence-electron chi connectivity index (χ4n) is 2.07. The number of hydrogen-bond donors (Lipinski definition) is 0. The molecule has 0 unspecified atom stereocenters. The molecular weight excluding hydrogens is 152 g/mol. The highest BCUT2D eigenvalue weighted by Crippen LogP contribution is 2.50. The maximum atomic E-state index is 11.3. The fourth-order valence-corrected chi connectivity index (χ4v) is 2.07. The number of hydrogen-bond acceptors (Lipinski definition) is 2. The van der Waals surface area contributed by atoms with E-state index in [0.29, 0.717) is 12.3 Å². The summed E-state index contributed by atoms with van der Waals surface area (Å²) in [5, 5.41) is 0. The summed E-state index contributed by atoms with van der Waals surface area (Å²) in [5.41, 5.74) is 0.0125. The third-order valence-electron chi connectivity index (χ3n) is 3.43. The molecule has 1 aliphatic heterocycles. The van der Waals surface area contributed by atoms with Crippen LogP contribution in [-0.4, -0.2) is 18.0 Å². The lowest BCUT2D eigenvalue weighted by molar-refractivity contribution is -0.122. The average Bonchev–Trinajstić information content (AvgIpc) is 2.80. The van der Waals surface area contributed by atoms with Crippen LogP contribution >= 0.6 is 0 Å². The summed E-state index contributed by atoms with van der Waals surface area (Å²) < 4.78 is 5.35. The summed E-state index contributed by atoms with van der Waals surface area (Å²) in [6.45, 7) is 8.04. The Morgan fingerprint density at radius 1 is 1.75 bits per heavy atom. The van der Waals surface area contributed by atoms with Crippen molar-refractivity contribution in [1.82, 2.24) is 0 Å². The van der Waals surface area contributed by atoms with Crippen molar-refractivity contribution in [1.29, 1.82) is 0 Å². The van der Waals surface area contributed by atoms with Crippen LogP contribution in [0.5, 0.6) is 0 Å². The van der Waals surface area contributed by atoms with E-state index in [4.69, 9.17) is 4.74 Å². The highest BCUT2D eigenvalue weighted by Gasteiger charge is 2.60. The van der Waals surface area contributed by atoms with E-state index in [2.05, 4.69) is 20.4 Å². The molecular formula is C10H14O2. The van der Waals surface area contributed by atoms with Gasteiger partial charge in [-0.1, -0.05) is 19.9 Å². The normalized spacial score (nSPS) is 51.5.